The zero-order valence-corrected chi connectivity index (χ0v) is 19.6. The number of pyridine rings is 1. The molecule has 0 aliphatic rings. The van der Waals surface area contributed by atoms with Gasteiger partial charge in [0, 0.05) is 34.8 Å². The molecule has 0 unspecified atom stereocenters. The Labute approximate surface area is 196 Å². The number of carbonyl (C=O) groups excluding carboxylic acids is 1. The summed E-state index contributed by atoms with van der Waals surface area (Å²) < 4.78 is 1.06. The molecule has 4 aromatic rings. The molecule has 0 aliphatic heterocycles. The summed E-state index contributed by atoms with van der Waals surface area (Å²) in [7, 11) is 1.54. The Hall–Kier alpha value is -3.23. The second kappa shape index (κ2) is 8.87. The number of nitrogens with zero attached hydrogens (tertiary/aromatic N) is 3. The fourth-order valence-electron chi connectivity index (χ4n) is 3.20. The molecule has 0 fully saturated rings. The van der Waals surface area contributed by atoms with Gasteiger partial charge in [-0.05, 0) is 58.8 Å². The van der Waals surface area contributed by atoms with Crippen LogP contribution in [0, 0.1) is 21.8 Å². The molecule has 31 heavy (non-hydrogen) atoms. The molecule has 2 amide bonds. The monoisotopic (exact) mass is 540 g/mol. The fourth-order valence-corrected chi connectivity index (χ4v) is 5.36. The summed E-state index contributed by atoms with van der Waals surface area (Å²) in [6.07, 6.45) is 5.08. The molecule has 0 radical (unpaired) electrons. The minimum absolute atomic E-state index is 0.359. The lowest BCUT2D eigenvalue weighted by molar-refractivity contribution is 0.254. The van der Waals surface area contributed by atoms with Crippen LogP contribution in [-0.2, 0) is 0 Å². The predicted octanol–water partition coefficient (Wildman–Crippen LogP) is 5.40. The number of rotatable bonds is 4. The van der Waals surface area contributed by atoms with Gasteiger partial charge in [0.05, 0.1) is 15.3 Å². The molecule has 9 heteroatoms. The molecular weight excluding hydrogens is 523 g/mol. The van der Waals surface area contributed by atoms with Crippen molar-refractivity contribution in [3.05, 3.63) is 63.6 Å². The van der Waals surface area contributed by atoms with E-state index in [1.165, 1.54) is 18.4 Å². The molecule has 154 valence electrons. The third-order valence-electron chi connectivity index (χ3n) is 4.62. The molecule has 7 nitrogen and oxygen atoms in total. The summed E-state index contributed by atoms with van der Waals surface area (Å²) in [5.74, 6) is 1.11. The van der Waals surface area contributed by atoms with Gasteiger partial charge < -0.3 is 10.3 Å². The Morgan fingerprint density at radius 3 is 2.71 bits per heavy atom. The van der Waals surface area contributed by atoms with Crippen molar-refractivity contribution in [2.45, 2.75) is 6.92 Å². The van der Waals surface area contributed by atoms with Crippen LogP contribution in [0.4, 0.5) is 10.6 Å². The number of nitriles is 1. The molecule has 3 N–H and O–H groups in total. The molecule has 0 spiro atoms. The van der Waals surface area contributed by atoms with Crippen LogP contribution in [0.2, 0.25) is 0 Å². The van der Waals surface area contributed by atoms with Crippen molar-refractivity contribution in [1.82, 2.24) is 20.3 Å². The van der Waals surface area contributed by atoms with Crippen LogP contribution in [0.15, 0.2) is 48.9 Å². The number of hydrogen-bond acceptors (Lipinski definition) is 5. The van der Waals surface area contributed by atoms with Crippen LogP contribution in [0.5, 0.6) is 0 Å². The first-order valence-corrected chi connectivity index (χ1v) is 11.2. The third kappa shape index (κ3) is 4.17. The number of amides is 2. The molecule has 0 saturated carbocycles. The molecule has 0 saturated heterocycles. The van der Waals surface area contributed by atoms with Crippen molar-refractivity contribution in [3.63, 3.8) is 0 Å². The Balaban J connectivity index is 1.94. The average Bonchev–Trinajstić information content (AvgIpc) is 3.41. The van der Waals surface area contributed by atoms with Crippen molar-refractivity contribution in [3.8, 4) is 38.3 Å². The second-order valence-corrected chi connectivity index (χ2v) is 8.86. The van der Waals surface area contributed by atoms with Crippen LogP contribution < -0.4 is 10.6 Å². The van der Waals surface area contributed by atoms with Crippen molar-refractivity contribution in [2.24, 2.45) is 0 Å². The first kappa shape index (κ1) is 21.0. The van der Waals surface area contributed by atoms with Gasteiger partial charge in [-0.15, -0.1) is 11.3 Å². The zero-order valence-electron chi connectivity index (χ0n) is 16.7. The average molecular weight is 540 g/mol. The van der Waals surface area contributed by atoms with Crippen LogP contribution in [0.3, 0.4) is 0 Å². The lowest BCUT2D eigenvalue weighted by Gasteiger charge is -2.08. The van der Waals surface area contributed by atoms with E-state index in [-0.39, 0.29) is 6.03 Å². The second-order valence-electron chi connectivity index (χ2n) is 6.68. The van der Waals surface area contributed by atoms with E-state index in [9.17, 15) is 10.1 Å². The highest BCUT2D eigenvalue weighted by Gasteiger charge is 2.24. The summed E-state index contributed by atoms with van der Waals surface area (Å²) in [6, 6.07) is 11.8. The molecule has 0 atom stereocenters. The van der Waals surface area contributed by atoms with Gasteiger partial charge >= 0.3 is 6.03 Å². The van der Waals surface area contributed by atoms with E-state index >= 15 is 0 Å². The SMILES string of the molecule is CNC(=O)Nc1cc(-c2sc(-c3ncc[nH]3)c(-c3ccc(C)cc3I)c2C#N)ccn1. The first-order chi connectivity index (χ1) is 15.0. The van der Waals surface area contributed by atoms with Crippen molar-refractivity contribution in [2.75, 3.05) is 12.4 Å². The third-order valence-corrected chi connectivity index (χ3v) is 6.76. The molecule has 3 aromatic heterocycles. The van der Waals surface area contributed by atoms with Crippen LogP contribution in [0.25, 0.3) is 32.3 Å². The maximum absolute atomic E-state index is 11.7. The lowest BCUT2D eigenvalue weighted by Crippen LogP contribution is -2.24. The van der Waals surface area contributed by atoms with E-state index in [1.807, 2.05) is 25.1 Å². The smallest absolute Gasteiger partial charge is 0.320 e. The Morgan fingerprint density at radius 2 is 2.03 bits per heavy atom. The number of aryl methyl sites for hydroxylation is 1. The number of aromatic amines is 1. The van der Waals surface area contributed by atoms with Crippen molar-refractivity contribution in [1.29, 1.82) is 5.26 Å². The number of nitrogens with one attached hydrogen (secondary N) is 3. The van der Waals surface area contributed by atoms with Crippen LogP contribution in [0.1, 0.15) is 11.1 Å². The summed E-state index contributed by atoms with van der Waals surface area (Å²) >= 11 is 3.79. The molecule has 0 aliphatic carbocycles. The Kier molecular flexibility index (Phi) is 6.01. The number of benzene rings is 1. The van der Waals surface area contributed by atoms with E-state index in [1.54, 1.807) is 24.7 Å². The molecule has 3 heterocycles. The summed E-state index contributed by atoms with van der Waals surface area (Å²) in [5.41, 5.74) is 4.34. The normalized spacial score (nSPS) is 10.5. The number of urea groups is 1. The highest BCUT2D eigenvalue weighted by atomic mass is 127. The number of carbonyl (C=O) groups is 1. The minimum Gasteiger partial charge on any atom is -0.344 e. The number of halogens is 1. The highest BCUT2D eigenvalue weighted by molar-refractivity contribution is 14.1. The standard InChI is InChI=1S/C22H17IN6OS/c1-12-3-4-14(16(23)9-12)18-15(11-24)19(31-20(18)21-27-7-8-28-21)13-5-6-26-17(10-13)29-22(30)25-2/h3-10H,1-2H3,(H,27,28)(H2,25,26,29,30). The van der Waals surface area contributed by atoms with Gasteiger partial charge in [0.25, 0.3) is 0 Å². The molecule has 1 aromatic carbocycles. The highest BCUT2D eigenvalue weighted by Crippen LogP contribution is 2.47. The van der Waals surface area contributed by atoms with E-state index in [2.05, 4.69) is 60.3 Å². The fraction of sp³-hybridized carbons (Fsp3) is 0.0909. The molecular formula is C22H17IN6OS. The van der Waals surface area contributed by atoms with Gasteiger partial charge in [0.15, 0.2) is 0 Å². The maximum Gasteiger partial charge on any atom is 0.320 e. The lowest BCUT2D eigenvalue weighted by atomic mass is 9.98. The van der Waals surface area contributed by atoms with Gasteiger partial charge in [0.1, 0.15) is 17.7 Å². The zero-order chi connectivity index (χ0) is 22.0. The van der Waals surface area contributed by atoms with E-state index < -0.39 is 0 Å². The quantitative estimate of drug-likeness (QED) is 0.301. The predicted molar refractivity (Wildman–Crippen MR) is 131 cm³/mol. The number of aromatic nitrogens is 3. The topological polar surface area (TPSA) is 106 Å². The first-order valence-electron chi connectivity index (χ1n) is 9.30. The summed E-state index contributed by atoms with van der Waals surface area (Å²) in [5, 5.41) is 15.3. The van der Waals surface area contributed by atoms with Crippen molar-refractivity contribution >= 4 is 45.8 Å². The van der Waals surface area contributed by atoms with E-state index in [0.29, 0.717) is 17.2 Å². The molecule has 0 bridgehead atoms. The van der Waals surface area contributed by atoms with Gasteiger partial charge in [0.2, 0.25) is 0 Å². The Bertz CT molecular complexity index is 1310. The summed E-state index contributed by atoms with van der Waals surface area (Å²) in [4.78, 5) is 25.2. The van der Waals surface area contributed by atoms with Gasteiger partial charge in [-0.2, -0.15) is 5.26 Å². The number of thiophene rings is 1. The number of imidazole rings is 1. The Morgan fingerprint density at radius 1 is 1.19 bits per heavy atom. The molecule has 4 rings (SSSR count). The van der Waals surface area contributed by atoms with E-state index in [0.717, 1.165) is 35.6 Å². The van der Waals surface area contributed by atoms with E-state index in [4.69, 9.17) is 0 Å². The number of H-pyrrole nitrogens is 1. The number of anilines is 1. The van der Waals surface area contributed by atoms with Crippen LogP contribution in [-0.4, -0.2) is 28.0 Å². The van der Waals surface area contributed by atoms with Gasteiger partial charge in [-0.1, -0.05) is 17.7 Å². The summed E-state index contributed by atoms with van der Waals surface area (Å²) in [6.45, 7) is 2.04. The van der Waals surface area contributed by atoms with Crippen molar-refractivity contribution < 1.29 is 4.79 Å². The van der Waals surface area contributed by atoms with Gasteiger partial charge in [-0.25, -0.2) is 14.8 Å². The largest absolute Gasteiger partial charge is 0.344 e. The minimum atomic E-state index is -0.359. The maximum atomic E-state index is 11.7. The van der Waals surface area contributed by atoms with Crippen LogP contribution >= 0.6 is 33.9 Å². The van der Waals surface area contributed by atoms with Gasteiger partial charge in [-0.3, -0.25) is 5.32 Å². The number of hydrogen-bond donors (Lipinski definition) is 3.